The van der Waals surface area contributed by atoms with Gasteiger partial charge in [-0.1, -0.05) is 5.16 Å². The number of carbonyl (C=O) groups excluding carboxylic acids is 2. The van der Waals surface area contributed by atoms with Crippen LogP contribution in [0.25, 0.3) is 0 Å². The van der Waals surface area contributed by atoms with Crippen molar-refractivity contribution in [2.75, 3.05) is 18.9 Å². The molecule has 7 N–H and O–H groups in total. The number of anilines is 1. The fourth-order valence-corrected chi connectivity index (χ4v) is 5.02. The van der Waals surface area contributed by atoms with E-state index in [0.717, 1.165) is 24.3 Å². The molecule has 1 fully saturated rings. The van der Waals surface area contributed by atoms with Gasteiger partial charge in [-0.25, -0.2) is 19.3 Å². The van der Waals surface area contributed by atoms with Crippen LogP contribution in [0, 0.1) is 0 Å². The van der Waals surface area contributed by atoms with Gasteiger partial charge in [-0.05, 0) is 26.5 Å². The van der Waals surface area contributed by atoms with Crippen molar-refractivity contribution in [2.45, 2.75) is 44.5 Å². The summed E-state index contributed by atoms with van der Waals surface area (Å²) in [6.45, 7) is 3.50. The molecule has 4 heterocycles. The number of nitrogen functional groups attached to an aromatic ring is 1. The van der Waals surface area contributed by atoms with Gasteiger partial charge in [0.2, 0.25) is 5.88 Å². The quantitative estimate of drug-likeness (QED) is 0.0421. The number of β-lactam (4-membered cyclic amide) rings is 1. The van der Waals surface area contributed by atoms with Crippen LogP contribution in [-0.2, 0) is 40.4 Å². The Labute approximate surface area is 271 Å². The lowest BCUT2D eigenvalue weighted by Crippen LogP contribution is -2.76. The lowest BCUT2D eigenvalue weighted by Gasteiger charge is -2.50. The monoisotopic (exact) mass is 695 g/mol. The molecule has 0 unspecified atom stereocenters. The van der Waals surface area contributed by atoms with Crippen molar-refractivity contribution < 1.29 is 55.6 Å². The van der Waals surface area contributed by atoms with Crippen LogP contribution in [-0.4, -0.2) is 87.4 Å². The van der Waals surface area contributed by atoms with Crippen LogP contribution in [0.15, 0.2) is 53.4 Å². The highest BCUT2D eigenvalue weighted by Crippen LogP contribution is 2.33. The summed E-state index contributed by atoms with van der Waals surface area (Å²) in [6, 6.07) is 5.21. The number of amides is 2. The summed E-state index contributed by atoms with van der Waals surface area (Å²) in [6.07, 6.45) is 4.12. The van der Waals surface area contributed by atoms with E-state index in [-0.39, 0.29) is 22.5 Å². The number of thiazole rings is 1. The van der Waals surface area contributed by atoms with Gasteiger partial charge in [0.1, 0.15) is 36.4 Å². The summed E-state index contributed by atoms with van der Waals surface area (Å²) in [5, 5.41) is 17.5. The number of hydroxylamine groups is 2. The maximum absolute atomic E-state index is 13.2. The van der Waals surface area contributed by atoms with Gasteiger partial charge in [-0.2, -0.15) is 13.5 Å². The predicted molar refractivity (Wildman–Crippen MR) is 161 cm³/mol. The topological polar surface area (TPSA) is 272 Å². The largest absolute Gasteiger partial charge is 0.487 e. The molecule has 0 aromatic carbocycles. The fourth-order valence-electron chi connectivity index (χ4n) is 4.02. The molecule has 1 saturated heterocycles. The molecule has 47 heavy (non-hydrogen) atoms. The number of aromatic nitrogens is 3. The van der Waals surface area contributed by atoms with Gasteiger partial charge in [-0.3, -0.25) is 14.1 Å². The van der Waals surface area contributed by atoms with Gasteiger partial charge in [0, 0.05) is 30.0 Å². The standard InChI is InChI=1S/C26H30N8O11S2/c1-26(2)21(23(36)34(26)45-47(39,40)41)31-22(35)20(17-14-46-25(28)30-17)32-44-18(24(37)38)13-42-16-4-5-19(29-12-16)43-15-6-10-33(11-7-15)9-3-8-27/h4-7,10-12,14,18,21H,3,8-9,13,27H2,1-2H3,(H4-,28,30,31,35,37,38,39,40,41)/p+1/b32-20-/t18-,21+/m0/s1. The maximum atomic E-state index is 13.2. The third kappa shape index (κ3) is 9.07. The van der Waals surface area contributed by atoms with Crippen molar-refractivity contribution in [3.8, 4) is 17.4 Å². The summed E-state index contributed by atoms with van der Waals surface area (Å²) >= 11 is 0.946. The zero-order valence-electron chi connectivity index (χ0n) is 24.9. The molecule has 21 heteroatoms. The molecular formula is C26H31N8O11S2+. The van der Waals surface area contributed by atoms with Crippen molar-refractivity contribution in [1.29, 1.82) is 0 Å². The minimum atomic E-state index is -5.02. The van der Waals surface area contributed by atoms with Gasteiger partial charge in [0.15, 0.2) is 23.2 Å². The number of rotatable bonds is 16. The van der Waals surface area contributed by atoms with Gasteiger partial charge < -0.3 is 36.2 Å². The molecule has 1 aliphatic rings. The summed E-state index contributed by atoms with van der Waals surface area (Å²) < 4.78 is 48.5. The Hall–Kier alpha value is -4.96. The zero-order valence-corrected chi connectivity index (χ0v) is 26.5. The van der Waals surface area contributed by atoms with Crippen molar-refractivity contribution in [1.82, 2.24) is 20.3 Å². The number of pyridine rings is 2. The zero-order chi connectivity index (χ0) is 34.4. The molecule has 0 saturated carbocycles. The average molecular weight is 696 g/mol. The highest BCUT2D eigenvalue weighted by atomic mass is 32.3. The molecule has 0 bridgehead atoms. The normalized spacial score (nSPS) is 16.6. The van der Waals surface area contributed by atoms with E-state index in [9.17, 15) is 27.9 Å². The average Bonchev–Trinajstić information content (AvgIpc) is 3.45. The van der Waals surface area contributed by atoms with Crippen LogP contribution in [0.1, 0.15) is 26.0 Å². The number of ether oxygens (including phenoxy) is 2. The van der Waals surface area contributed by atoms with Crippen LogP contribution in [0.4, 0.5) is 5.13 Å². The third-order valence-electron chi connectivity index (χ3n) is 6.46. The lowest BCUT2D eigenvalue weighted by molar-refractivity contribution is -0.697. The second-order valence-corrected chi connectivity index (χ2v) is 12.2. The second-order valence-electron chi connectivity index (χ2n) is 10.3. The highest BCUT2D eigenvalue weighted by Gasteiger charge is 2.58. The number of hydrogen-bond donors (Lipinski definition) is 5. The van der Waals surface area contributed by atoms with Crippen LogP contribution >= 0.6 is 11.3 Å². The minimum absolute atomic E-state index is 0.0461. The third-order valence-corrected chi connectivity index (χ3v) is 7.47. The summed E-state index contributed by atoms with van der Waals surface area (Å²) in [5.74, 6) is -2.55. The van der Waals surface area contributed by atoms with E-state index in [0.29, 0.717) is 17.4 Å². The molecule has 1 aliphatic heterocycles. The van der Waals surface area contributed by atoms with E-state index in [4.69, 9.17) is 30.3 Å². The first kappa shape index (κ1) is 34.9. The van der Waals surface area contributed by atoms with E-state index >= 15 is 0 Å². The van der Waals surface area contributed by atoms with Crippen LogP contribution in [0.5, 0.6) is 17.4 Å². The Morgan fingerprint density at radius 3 is 2.51 bits per heavy atom. The SMILES string of the molecule is CC1(C)[C@H](NC(=O)/C(=N\O[C@@H](COc2ccc(Oc3cc[n+](CCCN)cc3)nc2)C(=O)O)c2csc(N)n2)C(=O)N1OS(=O)(=O)O. The summed E-state index contributed by atoms with van der Waals surface area (Å²) in [4.78, 5) is 50.8. The van der Waals surface area contributed by atoms with Gasteiger partial charge in [0.25, 0.3) is 17.9 Å². The molecular weight excluding hydrogens is 664 g/mol. The number of aryl methyl sites for hydroxylation is 1. The summed E-state index contributed by atoms with van der Waals surface area (Å²) in [7, 11) is -5.02. The second kappa shape index (κ2) is 14.6. The molecule has 0 aliphatic carbocycles. The van der Waals surface area contributed by atoms with E-state index in [1.807, 2.05) is 17.0 Å². The number of hydrogen-bond acceptors (Lipinski definition) is 15. The van der Waals surface area contributed by atoms with Crippen molar-refractivity contribution >= 4 is 50.4 Å². The van der Waals surface area contributed by atoms with E-state index < -0.39 is 58.2 Å². The molecule has 252 valence electrons. The van der Waals surface area contributed by atoms with Crippen molar-refractivity contribution in [3.05, 3.63) is 53.9 Å². The van der Waals surface area contributed by atoms with E-state index in [1.165, 1.54) is 37.6 Å². The van der Waals surface area contributed by atoms with Crippen molar-refractivity contribution in [3.63, 3.8) is 0 Å². The van der Waals surface area contributed by atoms with E-state index in [2.05, 4.69) is 24.7 Å². The Kier molecular flexibility index (Phi) is 10.9. The maximum Gasteiger partial charge on any atom is 0.418 e. The molecule has 4 rings (SSSR count). The number of nitrogens with zero attached hydrogens (tertiary/aromatic N) is 5. The summed E-state index contributed by atoms with van der Waals surface area (Å²) in [5.41, 5.74) is 9.13. The molecule has 3 aromatic heterocycles. The Balaban J connectivity index is 1.40. The minimum Gasteiger partial charge on any atom is -0.487 e. The molecule has 2 atom stereocenters. The first-order valence-corrected chi connectivity index (χ1v) is 15.9. The molecule has 0 spiro atoms. The predicted octanol–water partition coefficient (Wildman–Crippen LogP) is -0.358. The first-order chi connectivity index (χ1) is 22.2. The Morgan fingerprint density at radius 1 is 1.23 bits per heavy atom. The Morgan fingerprint density at radius 2 is 1.96 bits per heavy atom. The number of aliphatic carboxylic acids is 1. The number of oxime groups is 1. The Bertz CT molecular complexity index is 1730. The first-order valence-electron chi connectivity index (χ1n) is 13.6. The molecule has 19 nitrogen and oxygen atoms in total. The smallest absolute Gasteiger partial charge is 0.418 e. The molecule has 3 aromatic rings. The van der Waals surface area contributed by atoms with Gasteiger partial charge >= 0.3 is 16.4 Å². The van der Waals surface area contributed by atoms with Crippen LogP contribution in [0.3, 0.4) is 0 Å². The van der Waals surface area contributed by atoms with Crippen molar-refractivity contribution in [2.24, 2.45) is 10.9 Å². The van der Waals surface area contributed by atoms with Crippen LogP contribution in [0.2, 0.25) is 0 Å². The highest BCUT2D eigenvalue weighted by molar-refractivity contribution is 7.80. The number of carboxylic acids is 1. The molecule has 0 radical (unpaired) electrons. The number of carbonyl (C=O) groups is 3. The van der Waals surface area contributed by atoms with Gasteiger partial charge in [-0.15, -0.1) is 15.6 Å². The lowest BCUT2D eigenvalue weighted by atomic mass is 9.84. The van der Waals surface area contributed by atoms with E-state index in [1.54, 1.807) is 12.1 Å². The number of nitrogens with one attached hydrogen (secondary N) is 1. The number of nitrogens with two attached hydrogens (primary N) is 2. The van der Waals surface area contributed by atoms with Crippen LogP contribution < -0.4 is 30.8 Å². The molecule has 2 amide bonds. The van der Waals surface area contributed by atoms with Gasteiger partial charge in [0.05, 0.1) is 11.7 Å². The number of carboxylic acid groups (broad SMARTS) is 1. The fraction of sp³-hybridized carbons (Fsp3) is 0.346.